The maximum atomic E-state index is 12.1. The van der Waals surface area contributed by atoms with Crippen molar-refractivity contribution in [2.45, 2.75) is 31.9 Å². The smallest absolute Gasteiger partial charge is 0.245 e. The van der Waals surface area contributed by atoms with E-state index in [1.165, 1.54) is 7.11 Å². The van der Waals surface area contributed by atoms with Crippen molar-refractivity contribution >= 4 is 24.2 Å². The van der Waals surface area contributed by atoms with Crippen molar-refractivity contribution in [3.05, 3.63) is 0 Å². The first-order valence-electron chi connectivity index (χ1n) is 5.75. The van der Waals surface area contributed by atoms with Crippen molar-refractivity contribution in [1.82, 2.24) is 10.2 Å². The molecule has 7 heteroatoms. The number of hydrogen-bond donors (Lipinski definition) is 2. The second-order valence-electron chi connectivity index (χ2n) is 4.66. The van der Waals surface area contributed by atoms with Gasteiger partial charge in [-0.2, -0.15) is 0 Å². The zero-order chi connectivity index (χ0) is 13.1. The van der Waals surface area contributed by atoms with Gasteiger partial charge in [-0.15, -0.1) is 12.4 Å². The standard InChI is InChI=1S/C11H21N3O3.ClH/c1-11(2)10(16)13-4-5-14(11)9(15)6-8(7-12)17-3;/h8H,4-7,12H2,1-3H3,(H,13,16);1H. The van der Waals surface area contributed by atoms with Gasteiger partial charge in [0.1, 0.15) is 5.54 Å². The van der Waals surface area contributed by atoms with Crippen LogP contribution in [0.25, 0.3) is 0 Å². The first kappa shape index (κ1) is 17.2. The van der Waals surface area contributed by atoms with E-state index >= 15 is 0 Å². The lowest BCUT2D eigenvalue weighted by molar-refractivity contribution is -0.150. The van der Waals surface area contributed by atoms with Gasteiger partial charge in [0.15, 0.2) is 0 Å². The van der Waals surface area contributed by atoms with E-state index in [0.717, 1.165) is 0 Å². The van der Waals surface area contributed by atoms with Gasteiger partial charge in [0.25, 0.3) is 0 Å². The summed E-state index contributed by atoms with van der Waals surface area (Å²) in [4.78, 5) is 25.4. The summed E-state index contributed by atoms with van der Waals surface area (Å²) < 4.78 is 5.08. The number of nitrogens with two attached hydrogens (primary N) is 1. The molecule has 18 heavy (non-hydrogen) atoms. The van der Waals surface area contributed by atoms with Crippen molar-refractivity contribution in [3.63, 3.8) is 0 Å². The molecule has 1 rings (SSSR count). The summed E-state index contributed by atoms with van der Waals surface area (Å²) in [5.41, 5.74) is 4.68. The Labute approximate surface area is 114 Å². The van der Waals surface area contributed by atoms with E-state index in [4.69, 9.17) is 10.5 Å². The monoisotopic (exact) mass is 279 g/mol. The first-order chi connectivity index (χ1) is 7.93. The molecule has 0 aliphatic carbocycles. The van der Waals surface area contributed by atoms with Gasteiger partial charge in [0, 0.05) is 26.7 Å². The van der Waals surface area contributed by atoms with Crippen LogP contribution in [-0.4, -0.2) is 55.1 Å². The molecule has 1 atom stereocenters. The van der Waals surface area contributed by atoms with Gasteiger partial charge in [-0.25, -0.2) is 0 Å². The van der Waals surface area contributed by atoms with Crippen molar-refractivity contribution in [1.29, 1.82) is 0 Å². The summed E-state index contributed by atoms with van der Waals surface area (Å²) >= 11 is 0. The molecule has 1 aliphatic rings. The van der Waals surface area contributed by atoms with Gasteiger partial charge in [0.2, 0.25) is 11.8 Å². The summed E-state index contributed by atoms with van der Waals surface area (Å²) in [5.74, 6) is -0.221. The lowest BCUT2D eigenvalue weighted by Gasteiger charge is -2.41. The van der Waals surface area contributed by atoms with E-state index in [9.17, 15) is 9.59 Å². The van der Waals surface area contributed by atoms with Gasteiger partial charge in [-0.3, -0.25) is 9.59 Å². The van der Waals surface area contributed by atoms with E-state index in [-0.39, 0.29) is 36.7 Å². The maximum Gasteiger partial charge on any atom is 0.245 e. The predicted molar refractivity (Wildman–Crippen MR) is 70.5 cm³/mol. The van der Waals surface area contributed by atoms with Crippen LogP contribution in [0, 0.1) is 0 Å². The Balaban J connectivity index is 0.00000289. The van der Waals surface area contributed by atoms with Gasteiger partial charge < -0.3 is 20.7 Å². The largest absolute Gasteiger partial charge is 0.380 e. The molecule has 0 saturated carbocycles. The number of rotatable bonds is 4. The molecule has 0 bridgehead atoms. The van der Waals surface area contributed by atoms with Crippen molar-refractivity contribution in [3.8, 4) is 0 Å². The fourth-order valence-electron chi connectivity index (χ4n) is 1.90. The van der Waals surface area contributed by atoms with E-state index in [1.807, 2.05) is 0 Å². The van der Waals surface area contributed by atoms with Crippen LogP contribution in [0.15, 0.2) is 0 Å². The number of halogens is 1. The Morgan fingerprint density at radius 2 is 2.22 bits per heavy atom. The normalized spacial score (nSPS) is 19.8. The number of nitrogens with zero attached hydrogens (tertiary/aromatic N) is 1. The average molecular weight is 280 g/mol. The lowest BCUT2D eigenvalue weighted by Crippen LogP contribution is -2.63. The molecule has 6 nitrogen and oxygen atoms in total. The minimum absolute atomic E-state index is 0. The summed E-state index contributed by atoms with van der Waals surface area (Å²) in [6, 6.07) is 0. The molecule has 1 fully saturated rings. The topological polar surface area (TPSA) is 84.7 Å². The molecule has 0 aromatic rings. The number of hydrogen-bond acceptors (Lipinski definition) is 4. The first-order valence-corrected chi connectivity index (χ1v) is 5.75. The zero-order valence-corrected chi connectivity index (χ0v) is 11.9. The van der Waals surface area contributed by atoms with Crippen LogP contribution < -0.4 is 11.1 Å². The van der Waals surface area contributed by atoms with Crippen LogP contribution in [0.5, 0.6) is 0 Å². The molecule has 0 aromatic carbocycles. The van der Waals surface area contributed by atoms with Crippen LogP contribution in [0.1, 0.15) is 20.3 Å². The quantitative estimate of drug-likeness (QED) is 0.727. The molecule has 1 heterocycles. The highest BCUT2D eigenvalue weighted by atomic mass is 35.5. The number of piperazine rings is 1. The molecule has 1 saturated heterocycles. The molecule has 2 amide bonds. The SMILES string of the molecule is COC(CN)CC(=O)N1CCNC(=O)C1(C)C.Cl. The second-order valence-corrected chi connectivity index (χ2v) is 4.66. The zero-order valence-electron chi connectivity index (χ0n) is 11.1. The van der Waals surface area contributed by atoms with Crippen molar-refractivity contribution < 1.29 is 14.3 Å². The minimum atomic E-state index is -0.803. The maximum absolute atomic E-state index is 12.1. The summed E-state index contributed by atoms with van der Waals surface area (Å²) in [6.07, 6.45) is -0.0766. The summed E-state index contributed by atoms with van der Waals surface area (Å²) in [6.45, 7) is 4.79. The third-order valence-electron chi connectivity index (χ3n) is 3.15. The minimum Gasteiger partial charge on any atom is -0.380 e. The number of nitrogens with one attached hydrogen (secondary N) is 1. The van der Waals surface area contributed by atoms with Gasteiger partial charge in [-0.05, 0) is 13.8 Å². The van der Waals surface area contributed by atoms with E-state index in [2.05, 4.69) is 5.32 Å². The van der Waals surface area contributed by atoms with E-state index in [1.54, 1.807) is 18.7 Å². The number of amides is 2. The van der Waals surface area contributed by atoms with E-state index < -0.39 is 5.54 Å². The predicted octanol–water partition coefficient (Wildman–Crippen LogP) is -0.491. The van der Waals surface area contributed by atoms with Crippen molar-refractivity contribution in [2.24, 2.45) is 5.73 Å². The molecule has 0 aromatic heterocycles. The summed E-state index contributed by atoms with van der Waals surface area (Å²) in [5, 5.41) is 2.75. The molecule has 1 aliphatic heterocycles. The Bertz CT molecular complexity index is 306. The van der Waals surface area contributed by atoms with Crippen LogP contribution in [0.3, 0.4) is 0 Å². The third kappa shape index (κ3) is 3.57. The number of carbonyl (C=O) groups is 2. The van der Waals surface area contributed by atoms with Crippen LogP contribution in [-0.2, 0) is 14.3 Å². The van der Waals surface area contributed by atoms with Gasteiger partial charge >= 0.3 is 0 Å². The Morgan fingerprint density at radius 3 is 2.72 bits per heavy atom. The fraction of sp³-hybridized carbons (Fsp3) is 0.818. The molecule has 0 spiro atoms. The Morgan fingerprint density at radius 1 is 1.61 bits per heavy atom. The number of methoxy groups -OCH3 is 1. The fourth-order valence-corrected chi connectivity index (χ4v) is 1.90. The Hall–Kier alpha value is -0.850. The average Bonchev–Trinajstić information content (AvgIpc) is 2.29. The Kier molecular flexibility index (Phi) is 6.59. The second kappa shape index (κ2) is 6.92. The highest BCUT2D eigenvalue weighted by molar-refractivity contribution is 5.91. The van der Waals surface area contributed by atoms with Gasteiger partial charge in [0.05, 0.1) is 12.5 Å². The number of ether oxygens (including phenoxy) is 1. The highest BCUT2D eigenvalue weighted by Crippen LogP contribution is 2.19. The summed E-state index contributed by atoms with van der Waals surface area (Å²) in [7, 11) is 1.53. The molecular formula is C11H22ClN3O3. The molecule has 106 valence electrons. The lowest BCUT2D eigenvalue weighted by atomic mass is 9.98. The highest BCUT2D eigenvalue weighted by Gasteiger charge is 2.40. The number of carbonyl (C=O) groups excluding carboxylic acids is 2. The van der Waals surface area contributed by atoms with Gasteiger partial charge in [-0.1, -0.05) is 0 Å². The van der Waals surface area contributed by atoms with Crippen LogP contribution in [0.2, 0.25) is 0 Å². The molecule has 3 N–H and O–H groups in total. The molecule has 1 unspecified atom stereocenters. The third-order valence-corrected chi connectivity index (χ3v) is 3.15. The van der Waals surface area contributed by atoms with Crippen LogP contribution >= 0.6 is 12.4 Å². The molecular weight excluding hydrogens is 258 g/mol. The van der Waals surface area contributed by atoms with E-state index in [0.29, 0.717) is 19.6 Å². The van der Waals surface area contributed by atoms with Crippen molar-refractivity contribution in [2.75, 3.05) is 26.7 Å². The van der Waals surface area contributed by atoms with Crippen LogP contribution in [0.4, 0.5) is 0 Å². The molecule has 0 radical (unpaired) electrons.